The van der Waals surface area contributed by atoms with Gasteiger partial charge in [-0.3, -0.25) is 10.0 Å². The molecule has 2 fully saturated rings. The average Bonchev–Trinajstić information content (AvgIpc) is 2.92. The van der Waals surface area contributed by atoms with Crippen molar-refractivity contribution < 1.29 is 32.6 Å². The number of sulfone groups is 1. The fourth-order valence-corrected chi connectivity index (χ4v) is 7.03. The number of rotatable bonds is 7. The van der Waals surface area contributed by atoms with Crippen LogP contribution in [0.1, 0.15) is 37.2 Å². The van der Waals surface area contributed by atoms with Crippen molar-refractivity contribution in [1.29, 1.82) is 0 Å². The number of anilines is 1. The maximum atomic E-state index is 13.4. The second-order valence-corrected chi connectivity index (χ2v) is 11.2. The quantitative estimate of drug-likeness (QED) is 0.437. The Morgan fingerprint density at radius 1 is 1.06 bits per heavy atom. The van der Waals surface area contributed by atoms with E-state index in [1.165, 1.54) is 0 Å². The number of benzene rings is 2. The van der Waals surface area contributed by atoms with Gasteiger partial charge >= 0.3 is 0 Å². The predicted octanol–water partition coefficient (Wildman–Crippen LogP) is 2.92. The van der Waals surface area contributed by atoms with Crippen LogP contribution < -0.4 is 19.9 Å². The van der Waals surface area contributed by atoms with Gasteiger partial charge in [0.25, 0.3) is 5.91 Å². The Balaban J connectivity index is 1.49. The lowest BCUT2D eigenvalue weighted by Crippen LogP contribution is -2.54. The molecule has 2 saturated heterocycles. The molecular formula is C25H32N2O7S. The smallest absolute Gasteiger partial charge is 0.265 e. The zero-order valence-corrected chi connectivity index (χ0v) is 20.8. The number of piperidine rings is 1. The van der Waals surface area contributed by atoms with Crippen LogP contribution in [0.2, 0.25) is 0 Å². The van der Waals surface area contributed by atoms with Gasteiger partial charge in [-0.15, -0.1) is 0 Å². The van der Waals surface area contributed by atoms with Crippen molar-refractivity contribution in [2.75, 3.05) is 45.4 Å². The van der Waals surface area contributed by atoms with Crippen LogP contribution in [0.5, 0.6) is 11.5 Å². The third kappa shape index (κ3) is 4.70. The van der Waals surface area contributed by atoms with Crippen LogP contribution in [0.15, 0.2) is 47.4 Å². The molecule has 0 radical (unpaired) electrons. The van der Waals surface area contributed by atoms with Crippen LogP contribution in [0, 0.1) is 0 Å². The first-order valence-corrected chi connectivity index (χ1v) is 13.2. The Morgan fingerprint density at radius 2 is 1.71 bits per heavy atom. The number of amides is 1. The Bertz CT molecular complexity index is 1140. The molecule has 0 saturated carbocycles. The summed E-state index contributed by atoms with van der Waals surface area (Å²) in [6.07, 6.45) is 1.82. The van der Waals surface area contributed by atoms with Gasteiger partial charge in [0.15, 0.2) is 14.6 Å². The molecule has 0 bridgehead atoms. The Kier molecular flexibility index (Phi) is 7.53. The van der Waals surface area contributed by atoms with Crippen molar-refractivity contribution in [2.45, 2.75) is 41.2 Å². The molecule has 2 heterocycles. The minimum Gasteiger partial charge on any atom is -0.497 e. The largest absolute Gasteiger partial charge is 0.497 e. The Hall–Kier alpha value is -2.82. The van der Waals surface area contributed by atoms with Gasteiger partial charge in [0.2, 0.25) is 0 Å². The summed E-state index contributed by atoms with van der Waals surface area (Å²) < 4.78 is 41.4. The number of ether oxygens (including phenoxy) is 3. The molecule has 2 aromatic carbocycles. The first-order chi connectivity index (χ1) is 16.9. The second kappa shape index (κ2) is 10.4. The van der Waals surface area contributed by atoms with E-state index in [0.29, 0.717) is 5.92 Å². The third-order valence-electron chi connectivity index (χ3n) is 7.21. The van der Waals surface area contributed by atoms with Gasteiger partial charge in [0.05, 0.1) is 19.1 Å². The van der Waals surface area contributed by atoms with Gasteiger partial charge in [0, 0.05) is 37.6 Å². The Labute approximate surface area is 205 Å². The number of carbonyl (C=O) groups is 1. The van der Waals surface area contributed by atoms with Crippen molar-refractivity contribution >= 4 is 21.4 Å². The van der Waals surface area contributed by atoms with Gasteiger partial charge < -0.3 is 19.1 Å². The molecule has 10 heteroatoms. The van der Waals surface area contributed by atoms with Gasteiger partial charge in [-0.1, -0.05) is 0 Å². The summed E-state index contributed by atoms with van der Waals surface area (Å²) in [6.45, 7) is 1.89. The highest BCUT2D eigenvalue weighted by Crippen LogP contribution is 2.39. The lowest BCUT2D eigenvalue weighted by atomic mass is 9.88. The number of hydrogen-bond donors (Lipinski definition) is 2. The van der Waals surface area contributed by atoms with Crippen LogP contribution in [0.25, 0.3) is 0 Å². The lowest BCUT2D eigenvalue weighted by Gasteiger charge is -2.35. The molecule has 2 aliphatic rings. The van der Waals surface area contributed by atoms with E-state index in [4.69, 9.17) is 14.2 Å². The normalized spacial score (nSPS) is 18.7. The van der Waals surface area contributed by atoms with Gasteiger partial charge in [-0.05, 0) is 74.1 Å². The molecule has 0 aliphatic carbocycles. The van der Waals surface area contributed by atoms with Crippen molar-refractivity contribution in [3.63, 3.8) is 0 Å². The van der Waals surface area contributed by atoms with E-state index in [2.05, 4.69) is 4.90 Å². The summed E-state index contributed by atoms with van der Waals surface area (Å²) in [6, 6.07) is 12.5. The molecule has 190 valence electrons. The molecule has 0 atom stereocenters. The van der Waals surface area contributed by atoms with E-state index >= 15 is 0 Å². The SMILES string of the molecule is COc1ccc(OC)c(C2CCN(c3ccc(S(=O)(=O)C4(C(=O)NO)CCOCC4)cc3)CC2)c1. The number of hydrogen-bond acceptors (Lipinski definition) is 8. The number of hydroxylamine groups is 1. The predicted molar refractivity (Wildman–Crippen MR) is 130 cm³/mol. The van der Waals surface area contributed by atoms with Crippen LogP contribution in [0.3, 0.4) is 0 Å². The standard InChI is InChI=1S/C25H32N2O7S/c1-32-20-5-8-23(33-2)22(17-20)18-9-13-27(14-10-18)19-3-6-21(7-4-19)35(30,31)25(24(28)26-29)11-15-34-16-12-25/h3-8,17-18,29H,9-16H2,1-2H3,(H,26,28). The van der Waals surface area contributed by atoms with Crippen molar-refractivity contribution in [2.24, 2.45) is 0 Å². The highest BCUT2D eigenvalue weighted by atomic mass is 32.2. The molecule has 35 heavy (non-hydrogen) atoms. The molecule has 2 aliphatic heterocycles. The molecular weight excluding hydrogens is 472 g/mol. The van der Waals surface area contributed by atoms with E-state index in [-0.39, 0.29) is 31.0 Å². The summed E-state index contributed by atoms with van der Waals surface area (Å²) >= 11 is 0. The second-order valence-electron chi connectivity index (χ2n) is 8.91. The first kappa shape index (κ1) is 25.3. The van der Waals surface area contributed by atoms with E-state index in [0.717, 1.165) is 48.7 Å². The molecule has 1 amide bonds. The number of carbonyl (C=O) groups excluding carboxylic acids is 1. The van der Waals surface area contributed by atoms with Gasteiger partial charge in [-0.2, -0.15) is 0 Å². The van der Waals surface area contributed by atoms with Crippen molar-refractivity contribution in [3.8, 4) is 11.5 Å². The molecule has 0 aromatic heterocycles. The first-order valence-electron chi connectivity index (χ1n) is 11.7. The van der Waals surface area contributed by atoms with Gasteiger partial charge in [0.1, 0.15) is 11.5 Å². The van der Waals surface area contributed by atoms with E-state index in [1.54, 1.807) is 44.0 Å². The van der Waals surface area contributed by atoms with Crippen molar-refractivity contribution in [1.82, 2.24) is 5.48 Å². The fourth-order valence-electron chi connectivity index (χ4n) is 5.09. The zero-order valence-electron chi connectivity index (χ0n) is 20.0. The monoisotopic (exact) mass is 504 g/mol. The maximum Gasteiger partial charge on any atom is 0.265 e. The molecule has 0 spiro atoms. The summed E-state index contributed by atoms with van der Waals surface area (Å²) in [4.78, 5) is 14.7. The maximum absolute atomic E-state index is 13.4. The van der Waals surface area contributed by atoms with Crippen molar-refractivity contribution in [3.05, 3.63) is 48.0 Å². The molecule has 0 unspecified atom stereocenters. The third-order valence-corrected chi connectivity index (χ3v) is 9.73. The van der Waals surface area contributed by atoms with Crippen LogP contribution in [-0.2, 0) is 19.4 Å². The van der Waals surface area contributed by atoms with Crippen LogP contribution in [0.4, 0.5) is 5.69 Å². The van der Waals surface area contributed by atoms with E-state index in [9.17, 15) is 18.4 Å². The zero-order chi connectivity index (χ0) is 25.1. The number of nitrogens with zero attached hydrogens (tertiary/aromatic N) is 1. The van der Waals surface area contributed by atoms with Crippen LogP contribution >= 0.6 is 0 Å². The summed E-state index contributed by atoms with van der Waals surface area (Å²) in [5.74, 6) is 1.08. The van der Waals surface area contributed by atoms with Gasteiger partial charge in [-0.25, -0.2) is 13.9 Å². The van der Waals surface area contributed by atoms with E-state index in [1.807, 2.05) is 18.2 Å². The average molecular weight is 505 g/mol. The number of methoxy groups -OCH3 is 2. The minimum absolute atomic E-state index is 0.00920. The minimum atomic E-state index is -4.04. The topological polar surface area (TPSA) is 114 Å². The molecule has 2 N–H and O–H groups in total. The summed E-state index contributed by atoms with van der Waals surface area (Å²) in [5, 5.41) is 9.22. The highest BCUT2D eigenvalue weighted by molar-refractivity contribution is 7.93. The fraction of sp³-hybridized carbons (Fsp3) is 0.480. The Morgan fingerprint density at radius 3 is 2.29 bits per heavy atom. The number of nitrogens with one attached hydrogen (secondary N) is 1. The molecule has 9 nitrogen and oxygen atoms in total. The molecule has 4 rings (SSSR count). The lowest BCUT2D eigenvalue weighted by molar-refractivity contribution is -0.134. The van der Waals surface area contributed by atoms with E-state index < -0.39 is 20.5 Å². The molecule has 2 aromatic rings. The highest BCUT2D eigenvalue weighted by Gasteiger charge is 2.52. The summed E-state index contributed by atoms with van der Waals surface area (Å²) in [5.41, 5.74) is 3.61. The van der Waals surface area contributed by atoms with Crippen LogP contribution in [-0.4, -0.2) is 64.8 Å². The summed E-state index contributed by atoms with van der Waals surface area (Å²) in [7, 11) is -0.716.